The quantitative estimate of drug-likeness (QED) is 0.907. The van der Waals surface area contributed by atoms with Crippen molar-refractivity contribution in [2.75, 3.05) is 6.61 Å². The van der Waals surface area contributed by atoms with E-state index >= 15 is 0 Å². The van der Waals surface area contributed by atoms with Gasteiger partial charge in [0.1, 0.15) is 17.4 Å². The molecule has 1 aliphatic heterocycles. The lowest BCUT2D eigenvalue weighted by Crippen LogP contribution is -2.15. The number of hydrogen-bond donors (Lipinski definition) is 1. The summed E-state index contributed by atoms with van der Waals surface area (Å²) >= 11 is 3.47. The van der Waals surface area contributed by atoms with E-state index in [0.717, 1.165) is 33.8 Å². The van der Waals surface area contributed by atoms with Crippen molar-refractivity contribution in [1.29, 1.82) is 0 Å². The number of halogens is 3. The Morgan fingerprint density at radius 1 is 1.24 bits per heavy atom. The zero-order valence-electron chi connectivity index (χ0n) is 11.2. The lowest BCUT2D eigenvalue weighted by atomic mass is 9.97. The van der Waals surface area contributed by atoms with Crippen LogP contribution < -0.4 is 10.5 Å². The zero-order chi connectivity index (χ0) is 15.0. The van der Waals surface area contributed by atoms with Gasteiger partial charge in [0.15, 0.2) is 0 Å². The Labute approximate surface area is 130 Å². The lowest BCUT2D eigenvalue weighted by molar-refractivity contribution is 0.352. The predicted molar refractivity (Wildman–Crippen MR) is 80.3 cm³/mol. The van der Waals surface area contributed by atoms with Gasteiger partial charge in [0, 0.05) is 28.6 Å². The summed E-state index contributed by atoms with van der Waals surface area (Å²) in [5.74, 6) is -0.374. The van der Waals surface area contributed by atoms with Gasteiger partial charge in [-0.05, 0) is 35.7 Å². The van der Waals surface area contributed by atoms with E-state index in [1.54, 1.807) is 0 Å². The van der Waals surface area contributed by atoms with Crippen LogP contribution in [0.1, 0.15) is 22.7 Å². The van der Waals surface area contributed by atoms with E-state index in [1.807, 2.05) is 12.1 Å². The van der Waals surface area contributed by atoms with Crippen LogP contribution in [0.3, 0.4) is 0 Å². The van der Waals surface area contributed by atoms with Gasteiger partial charge < -0.3 is 10.5 Å². The van der Waals surface area contributed by atoms with Crippen molar-refractivity contribution >= 4 is 15.9 Å². The summed E-state index contributed by atoms with van der Waals surface area (Å²) < 4.78 is 33.4. The van der Waals surface area contributed by atoms with Crippen molar-refractivity contribution < 1.29 is 13.5 Å². The van der Waals surface area contributed by atoms with Gasteiger partial charge in [-0.15, -0.1) is 0 Å². The van der Waals surface area contributed by atoms with Crippen LogP contribution in [0.15, 0.2) is 34.8 Å². The fourth-order valence-electron chi connectivity index (χ4n) is 2.65. The molecule has 3 rings (SSSR count). The molecule has 2 nitrogen and oxygen atoms in total. The summed E-state index contributed by atoms with van der Waals surface area (Å²) in [6.07, 6.45) is 1.30. The molecule has 21 heavy (non-hydrogen) atoms. The monoisotopic (exact) mass is 353 g/mol. The molecule has 1 unspecified atom stereocenters. The van der Waals surface area contributed by atoms with Crippen molar-refractivity contribution in [3.63, 3.8) is 0 Å². The van der Waals surface area contributed by atoms with Crippen LogP contribution in [0.2, 0.25) is 0 Å². The Kier molecular flexibility index (Phi) is 3.95. The fourth-order valence-corrected chi connectivity index (χ4v) is 3.20. The van der Waals surface area contributed by atoms with E-state index in [0.29, 0.717) is 18.6 Å². The zero-order valence-corrected chi connectivity index (χ0v) is 12.8. The average Bonchev–Trinajstić information content (AvgIpc) is 2.86. The predicted octanol–water partition coefficient (Wildman–Crippen LogP) is 3.90. The van der Waals surface area contributed by atoms with Gasteiger partial charge in [-0.3, -0.25) is 0 Å². The molecule has 0 aromatic heterocycles. The van der Waals surface area contributed by atoms with Gasteiger partial charge in [-0.1, -0.05) is 22.0 Å². The number of nitrogens with two attached hydrogens (primary N) is 1. The number of benzene rings is 2. The third-order valence-corrected chi connectivity index (χ3v) is 4.08. The SMILES string of the molecule is NC(Cc1cc(Br)cc2c1OCC2)c1ccc(F)cc1F. The second-order valence-corrected chi connectivity index (χ2v) is 6.04. The normalized spacial score (nSPS) is 14.7. The molecule has 0 aliphatic carbocycles. The highest BCUT2D eigenvalue weighted by molar-refractivity contribution is 9.10. The van der Waals surface area contributed by atoms with E-state index < -0.39 is 17.7 Å². The highest BCUT2D eigenvalue weighted by Crippen LogP contribution is 2.35. The van der Waals surface area contributed by atoms with Crippen LogP contribution in [0.4, 0.5) is 8.78 Å². The Balaban J connectivity index is 1.90. The average molecular weight is 354 g/mol. The second kappa shape index (κ2) is 5.73. The van der Waals surface area contributed by atoms with Crippen molar-refractivity contribution in [3.8, 4) is 5.75 Å². The molecule has 2 N–H and O–H groups in total. The van der Waals surface area contributed by atoms with Crippen molar-refractivity contribution in [2.45, 2.75) is 18.9 Å². The first kappa shape index (κ1) is 14.5. The third-order valence-electron chi connectivity index (χ3n) is 3.63. The van der Waals surface area contributed by atoms with Crippen LogP contribution >= 0.6 is 15.9 Å². The third kappa shape index (κ3) is 2.94. The minimum absolute atomic E-state index is 0.308. The van der Waals surface area contributed by atoms with E-state index in [4.69, 9.17) is 10.5 Å². The number of fused-ring (bicyclic) bond motifs is 1. The molecule has 0 saturated heterocycles. The smallest absolute Gasteiger partial charge is 0.130 e. The molecule has 2 aromatic rings. The van der Waals surface area contributed by atoms with E-state index in [2.05, 4.69) is 15.9 Å². The summed E-state index contributed by atoms with van der Waals surface area (Å²) in [6, 6.07) is 6.89. The first-order valence-electron chi connectivity index (χ1n) is 6.69. The first-order valence-corrected chi connectivity index (χ1v) is 7.48. The molecule has 0 bridgehead atoms. The van der Waals surface area contributed by atoms with E-state index in [-0.39, 0.29) is 0 Å². The summed E-state index contributed by atoms with van der Waals surface area (Å²) in [6.45, 7) is 0.652. The van der Waals surface area contributed by atoms with Gasteiger partial charge in [0.05, 0.1) is 6.61 Å². The Bertz CT molecular complexity index is 690. The molecule has 5 heteroatoms. The van der Waals surface area contributed by atoms with Gasteiger partial charge in [0.25, 0.3) is 0 Å². The summed E-state index contributed by atoms with van der Waals surface area (Å²) in [5.41, 5.74) is 8.47. The largest absolute Gasteiger partial charge is 0.493 e. The maximum Gasteiger partial charge on any atom is 0.130 e. The number of ether oxygens (including phenoxy) is 1. The summed E-state index contributed by atoms with van der Waals surface area (Å²) in [5, 5.41) is 0. The Morgan fingerprint density at radius 2 is 2.05 bits per heavy atom. The molecule has 1 aliphatic rings. The van der Waals surface area contributed by atoms with Gasteiger partial charge >= 0.3 is 0 Å². The molecular weight excluding hydrogens is 340 g/mol. The van der Waals surface area contributed by atoms with Gasteiger partial charge in [-0.25, -0.2) is 8.78 Å². The second-order valence-electron chi connectivity index (χ2n) is 5.13. The minimum Gasteiger partial charge on any atom is -0.493 e. The highest BCUT2D eigenvalue weighted by atomic mass is 79.9. The number of hydrogen-bond acceptors (Lipinski definition) is 2. The Morgan fingerprint density at radius 3 is 2.81 bits per heavy atom. The van der Waals surface area contributed by atoms with Crippen LogP contribution in [0.5, 0.6) is 5.75 Å². The molecule has 0 radical (unpaired) electrons. The van der Waals surface area contributed by atoms with Crippen molar-refractivity contribution in [3.05, 3.63) is 63.1 Å². The van der Waals surface area contributed by atoms with Crippen LogP contribution in [0, 0.1) is 11.6 Å². The van der Waals surface area contributed by atoms with Gasteiger partial charge in [-0.2, -0.15) is 0 Å². The molecule has 1 atom stereocenters. The molecular formula is C16H14BrF2NO. The molecule has 110 valence electrons. The maximum absolute atomic E-state index is 13.8. The fraction of sp³-hybridized carbons (Fsp3) is 0.250. The van der Waals surface area contributed by atoms with Crippen molar-refractivity contribution in [1.82, 2.24) is 0 Å². The van der Waals surface area contributed by atoms with E-state index in [9.17, 15) is 8.78 Å². The van der Waals surface area contributed by atoms with Gasteiger partial charge in [0.2, 0.25) is 0 Å². The topological polar surface area (TPSA) is 35.2 Å². The minimum atomic E-state index is -0.616. The molecule has 0 fully saturated rings. The molecule has 1 heterocycles. The van der Waals surface area contributed by atoms with E-state index in [1.165, 1.54) is 12.1 Å². The number of rotatable bonds is 3. The highest BCUT2D eigenvalue weighted by Gasteiger charge is 2.21. The molecule has 2 aromatic carbocycles. The first-order chi connectivity index (χ1) is 10.0. The molecule has 0 spiro atoms. The standard InChI is InChI=1S/C16H14BrF2NO/c17-11-5-9-3-4-21-16(9)10(6-11)7-15(20)13-2-1-12(18)8-14(13)19/h1-2,5-6,8,15H,3-4,7,20H2. The maximum atomic E-state index is 13.8. The van der Waals surface area contributed by atoms with Crippen LogP contribution in [-0.4, -0.2) is 6.61 Å². The summed E-state index contributed by atoms with van der Waals surface area (Å²) in [7, 11) is 0. The molecule has 0 saturated carbocycles. The lowest BCUT2D eigenvalue weighted by Gasteiger charge is -2.16. The van der Waals surface area contributed by atoms with Crippen LogP contribution in [0.25, 0.3) is 0 Å². The summed E-state index contributed by atoms with van der Waals surface area (Å²) in [4.78, 5) is 0. The Hall–Kier alpha value is -1.46. The molecule has 0 amide bonds. The van der Waals surface area contributed by atoms with Crippen molar-refractivity contribution in [2.24, 2.45) is 5.73 Å². The van der Waals surface area contributed by atoms with Crippen LogP contribution in [-0.2, 0) is 12.8 Å².